The summed E-state index contributed by atoms with van der Waals surface area (Å²) >= 11 is 6.93. The lowest BCUT2D eigenvalue weighted by Gasteiger charge is -2.40. The maximum atomic E-state index is 12.3. The number of likely N-dealkylation sites (tertiary alicyclic amines) is 1. The van der Waals surface area contributed by atoms with Crippen LogP contribution in [-0.4, -0.2) is 39.9 Å². The summed E-state index contributed by atoms with van der Waals surface area (Å²) < 4.78 is -0.0884. The van der Waals surface area contributed by atoms with Gasteiger partial charge in [-0.25, -0.2) is 0 Å². The molecule has 0 bridgehead atoms. The fourth-order valence-electron chi connectivity index (χ4n) is 2.73. The Balaban J connectivity index is 1.93. The Labute approximate surface area is 119 Å². The fraction of sp³-hybridized carbons (Fsp3) is 0.846. The number of thiocarbonyl (C=S) groups is 1. The molecule has 2 rings (SSSR count). The van der Waals surface area contributed by atoms with Crippen molar-refractivity contribution >= 4 is 34.9 Å². The second-order valence-corrected chi connectivity index (χ2v) is 7.14. The second-order valence-electron chi connectivity index (χ2n) is 5.51. The van der Waals surface area contributed by atoms with Crippen LogP contribution in [0.3, 0.4) is 0 Å². The van der Waals surface area contributed by atoms with Crippen LogP contribution in [0.4, 0.5) is 0 Å². The molecule has 1 saturated heterocycles. The molecule has 2 N–H and O–H groups in total. The Kier molecular flexibility index (Phi) is 4.22. The normalized spacial score (nSPS) is 24.7. The summed E-state index contributed by atoms with van der Waals surface area (Å²) in [6.07, 6.45) is 6.30. The highest BCUT2D eigenvalue weighted by atomic mass is 32.2. The molecule has 5 heteroatoms. The summed E-state index contributed by atoms with van der Waals surface area (Å²) in [5.74, 6) is 1.17. The van der Waals surface area contributed by atoms with E-state index in [9.17, 15) is 4.79 Å². The van der Waals surface area contributed by atoms with Crippen LogP contribution in [0.15, 0.2) is 0 Å². The lowest BCUT2D eigenvalue weighted by atomic mass is 9.94. The predicted molar refractivity (Wildman–Crippen MR) is 80.7 cm³/mol. The Bertz CT molecular complexity index is 347. The van der Waals surface area contributed by atoms with Crippen molar-refractivity contribution in [3.05, 3.63) is 0 Å². The monoisotopic (exact) mass is 286 g/mol. The Morgan fingerprint density at radius 2 is 2.00 bits per heavy atom. The number of piperidine rings is 1. The van der Waals surface area contributed by atoms with E-state index in [-0.39, 0.29) is 10.7 Å². The van der Waals surface area contributed by atoms with E-state index in [1.54, 1.807) is 11.8 Å². The molecule has 2 fully saturated rings. The van der Waals surface area contributed by atoms with Gasteiger partial charge in [0.25, 0.3) is 0 Å². The molecule has 1 amide bonds. The molecule has 1 saturated carbocycles. The first-order valence-electron chi connectivity index (χ1n) is 6.64. The molecular weight excluding hydrogens is 264 g/mol. The maximum absolute atomic E-state index is 12.3. The van der Waals surface area contributed by atoms with Crippen LogP contribution in [0.5, 0.6) is 0 Å². The lowest BCUT2D eigenvalue weighted by Crippen LogP contribution is -2.51. The van der Waals surface area contributed by atoms with Crippen LogP contribution in [-0.2, 0) is 4.79 Å². The molecule has 102 valence electrons. The van der Waals surface area contributed by atoms with Crippen LogP contribution in [0.1, 0.15) is 32.6 Å². The minimum absolute atomic E-state index is 0.0884. The molecule has 0 spiro atoms. The number of carbonyl (C=O) groups is 1. The van der Waals surface area contributed by atoms with E-state index in [0.29, 0.717) is 16.8 Å². The highest BCUT2D eigenvalue weighted by molar-refractivity contribution is 8.02. The SMILES string of the molecule is CSC1(C(N)=S)CCN(C(=O)C(C)C2CC2)CC1. The zero-order chi connectivity index (χ0) is 13.3. The molecule has 0 aromatic rings. The van der Waals surface area contributed by atoms with Crippen molar-refractivity contribution in [1.82, 2.24) is 4.90 Å². The molecule has 18 heavy (non-hydrogen) atoms. The van der Waals surface area contributed by atoms with Crippen molar-refractivity contribution in [2.45, 2.75) is 37.4 Å². The van der Waals surface area contributed by atoms with E-state index >= 15 is 0 Å². The molecule has 0 aromatic carbocycles. The number of nitrogens with two attached hydrogens (primary N) is 1. The van der Waals surface area contributed by atoms with E-state index < -0.39 is 0 Å². The molecule has 3 nitrogen and oxygen atoms in total. The fourth-order valence-corrected chi connectivity index (χ4v) is 3.97. The number of carbonyl (C=O) groups excluding carboxylic acids is 1. The molecule has 1 aliphatic heterocycles. The molecule has 0 radical (unpaired) electrons. The van der Waals surface area contributed by atoms with Gasteiger partial charge in [0.05, 0.1) is 9.74 Å². The first kappa shape index (κ1) is 14.1. The summed E-state index contributed by atoms with van der Waals surface area (Å²) in [6, 6.07) is 0. The van der Waals surface area contributed by atoms with Crippen molar-refractivity contribution in [1.29, 1.82) is 0 Å². The quantitative estimate of drug-likeness (QED) is 0.804. The third-order valence-corrected chi connectivity index (χ3v) is 6.37. The number of hydrogen-bond acceptors (Lipinski definition) is 3. The van der Waals surface area contributed by atoms with E-state index in [2.05, 4.69) is 13.2 Å². The maximum Gasteiger partial charge on any atom is 0.225 e. The van der Waals surface area contributed by atoms with Gasteiger partial charge in [-0.15, -0.1) is 0 Å². The minimum atomic E-state index is -0.0884. The van der Waals surface area contributed by atoms with E-state index in [1.165, 1.54) is 12.8 Å². The van der Waals surface area contributed by atoms with E-state index in [0.717, 1.165) is 25.9 Å². The highest BCUT2D eigenvalue weighted by Gasteiger charge is 2.40. The van der Waals surface area contributed by atoms with Gasteiger partial charge in [-0.3, -0.25) is 4.79 Å². The van der Waals surface area contributed by atoms with Crippen molar-refractivity contribution in [3.63, 3.8) is 0 Å². The molecule has 1 heterocycles. The smallest absolute Gasteiger partial charge is 0.225 e. The van der Waals surface area contributed by atoms with Crippen LogP contribution in [0.2, 0.25) is 0 Å². The summed E-state index contributed by atoms with van der Waals surface area (Å²) in [4.78, 5) is 14.9. The number of amides is 1. The zero-order valence-corrected chi connectivity index (χ0v) is 12.8. The van der Waals surface area contributed by atoms with Gasteiger partial charge in [-0.05, 0) is 37.9 Å². The summed E-state index contributed by atoms with van der Waals surface area (Å²) in [6.45, 7) is 3.67. The largest absolute Gasteiger partial charge is 0.392 e. The standard InChI is InChI=1S/C13H22N2OS2/c1-9(10-3-4-10)11(16)15-7-5-13(18-2,6-8-15)12(14)17/h9-10H,3-8H2,1-2H3,(H2,14,17). The Hall–Kier alpha value is -0.290. The Morgan fingerprint density at radius 3 is 2.39 bits per heavy atom. The number of hydrogen-bond donors (Lipinski definition) is 1. The van der Waals surface area contributed by atoms with Gasteiger partial charge in [-0.1, -0.05) is 19.1 Å². The van der Waals surface area contributed by atoms with Gasteiger partial charge in [-0.2, -0.15) is 11.8 Å². The lowest BCUT2D eigenvalue weighted by molar-refractivity contribution is -0.136. The topological polar surface area (TPSA) is 46.3 Å². The minimum Gasteiger partial charge on any atom is -0.392 e. The second kappa shape index (κ2) is 5.37. The number of rotatable bonds is 4. The summed E-state index contributed by atoms with van der Waals surface area (Å²) in [7, 11) is 0. The van der Waals surface area contributed by atoms with Crippen molar-refractivity contribution < 1.29 is 4.79 Å². The third kappa shape index (κ3) is 2.67. The average Bonchev–Trinajstić information content (AvgIpc) is 3.21. The van der Waals surface area contributed by atoms with Crippen LogP contribution in [0, 0.1) is 11.8 Å². The van der Waals surface area contributed by atoms with Gasteiger partial charge in [0.1, 0.15) is 0 Å². The molecule has 1 atom stereocenters. The van der Waals surface area contributed by atoms with Gasteiger partial charge in [0.2, 0.25) is 5.91 Å². The molecule has 2 aliphatic rings. The number of nitrogens with zero attached hydrogens (tertiary/aromatic N) is 1. The Morgan fingerprint density at radius 1 is 1.44 bits per heavy atom. The van der Waals surface area contributed by atoms with Crippen molar-refractivity contribution in [3.8, 4) is 0 Å². The third-order valence-electron chi connectivity index (χ3n) is 4.44. The van der Waals surface area contributed by atoms with Crippen LogP contribution in [0.25, 0.3) is 0 Å². The first-order chi connectivity index (χ1) is 8.50. The zero-order valence-electron chi connectivity index (χ0n) is 11.1. The van der Waals surface area contributed by atoms with Gasteiger partial charge >= 0.3 is 0 Å². The molecular formula is C13H22N2OS2. The summed E-state index contributed by atoms with van der Waals surface area (Å²) in [5.41, 5.74) is 5.86. The highest BCUT2D eigenvalue weighted by Crippen LogP contribution is 2.39. The van der Waals surface area contributed by atoms with Crippen LogP contribution >= 0.6 is 24.0 Å². The first-order valence-corrected chi connectivity index (χ1v) is 8.27. The van der Waals surface area contributed by atoms with E-state index in [1.807, 2.05) is 4.90 Å². The van der Waals surface area contributed by atoms with Crippen LogP contribution < -0.4 is 5.73 Å². The summed E-state index contributed by atoms with van der Waals surface area (Å²) in [5, 5.41) is 0. The molecule has 1 unspecified atom stereocenters. The number of thioether (sulfide) groups is 1. The van der Waals surface area contributed by atoms with E-state index in [4.69, 9.17) is 18.0 Å². The molecule has 0 aromatic heterocycles. The van der Waals surface area contributed by atoms with Gasteiger partial charge < -0.3 is 10.6 Å². The average molecular weight is 286 g/mol. The van der Waals surface area contributed by atoms with Gasteiger partial charge in [0.15, 0.2) is 0 Å². The molecule has 1 aliphatic carbocycles. The van der Waals surface area contributed by atoms with Crippen molar-refractivity contribution in [2.24, 2.45) is 17.6 Å². The predicted octanol–water partition coefficient (Wildman–Crippen LogP) is 2.04. The van der Waals surface area contributed by atoms with Gasteiger partial charge in [0, 0.05) is 19.0 Å². The van der Waals surface area contributed by atoms with Crippen molar-refractivity contribution in [2.75, 3.05) is 19.3 Å².